The van der Waals surface area contributed by atoms with E-state index < -0.39 is 24.6 Å². The van der Waals surface area contributed by atoms with Gasteiger partial charge in [-0.15, -0.1) is 0 Å². The van der Waals surface area contributed by atoms with Crippen LogP contribution >= 0.6 is 0 Å². The Balaban J connectivity index is 1.72. The van der Waals surface area contributed by atoms with Crippen molar-refractivity contribution in [2.75, 3.05) is 6.61 Å². The second-order valence-corrected chi connectivity index (χ2v) is 6.36. The summed E-state index contributed by atoms with van der Waals surface area (Å²) in [5.41, 5.74) is 0.928. The molecule has 1 aromatic carbocycles. The number of benzene rings is 1. The molecule has 0 radical (unpaired) electrons. The summed E-state index contributed by atoms with van der Waals surface area (Å²) in [4.78, 5) is 24.1. The minimum atomic E-state index is -4.26. The van der Waals surface area contributed by atoms with E-state index in [0.29, 0.717) is 37.7 Å². The van der Waals surface area contributed by atoms with E-state index >= 15 is 0 Å². The summed E-state index contributed by atoms with van der Waals surface area (Å²) < 4.78 is 41.6. The molecule has 2 aliphatic rings. The molecule has 0 atom stereocenters. The van der Waals surface area contributed by atoms with Crippen LogP contribution < -0.4 is 4.74 Å². The molecule has 6 heteroatoms. The van der Waals surface area contributed by atoms with Crippen molar-refractivity contribution in [3.8, 4) is 5.75 Å². The lowest BCUT2D eigenvalue weighted by Gasteiger charge is -2.30. The van der Waals surface area contributed by atoms with Crippen molar-refractivity contribution in [2.24, 2.45) is 5.41 Å². The van der Waals surface area contributed by atoms with Crippen molar-refractivity contribution < 1.29 is 27.5 Å². The zero-order valence-corrected chi connectivity index (χ0v) is 12.5. The van der Waals surface area contributed by atoms with Gasteiger partial charge in [-0.25, -0.2) is 0 Å². The summed E-state index contributed by atoms with van der Waals surface area (Å²) in [5.74, 6) is 0.474. The highest BCUT2D eigenvalue weighted by Crippen LogP contribution is 2.47. The van der Waals surface area contributed by atoms with Crippen LogP contribution in [-0.4, -0.2) is 24.3 Å². The van der Waals surface area contributed by atoms with Gasteiger partial charge in [-0.1, -0.05) is 6.07 Å². The van der Waals surface area contributed by atoms with Crippen LogP contribution in [0.4, 0.5) is 13.2 Å². The molecule has 0 heterocycles. The first kappa shape index (κ1) is 16.0. The van der Waals surface area contributed by atoms with E-state index in [1.165, 1.54) is 0 Å². The summed E-state index contributed by atoms with van der Waals surface area (Å²) in [5, 5.41) is 0. The van der Waals surface area contributed by atoms with Gasteiger partial charge in [0.05, 0.1) is 13.0 Å². The van der Waals surface area contributed by atoms with E-state index in [0.717, 1.165) is 5.56 Å². The van der Waals surface area contributed by atoms with Gasteiger partial charge in [0, 0.05) is 23.8 Å². The molecule has 0 aliphatic heterocycles. The van der Waals surface area contributed by atoms with Gasteiger partial charge in [0.15, 0.2) is 5.78 Å². The second-order valence-electron chi connectivity index (χ2n) is 6.36. The van der Waals surface area contributed by atoms with Gasteiger partial charge in [-0.05, 0) is 37.0 Å². The smallest absolute Gasteiger partial charge is 0.392 e. The third-order valence-electron chi connectivity index (χ3n) is 4.76. The molecule has 3 rings (SSSR count). The van der Waals surface area contributed by atoms with Crippen LogP contribution in [0.3, 0.4) is 0 Å². The van der Waals surface area contributed by atoms with Crippen LogP contribution in [-0.2, 0) is 11.2 Å². The van der Waals surface area contributed by atoms with Crippen molar-refractivity contribution in [1.82, 2.24) is 0 Å². The van der Waals surface area contributed by atoms with Crippen molar-refractivity contribution in [2.45, 2.75) is 44.7 Å². The largest absolute Gasteiger partial charge is 0.493 e. The van der Waals surface area contributed by atoms with Crippen LogP contribution in [0.2, 0.25) is 0 Å². The van der Waals surface area contributed by atoms with Crippen LogP contribution in [0.15, 0.2) is 18.2 Å². The molecule has 0 N–H and O–H groups in total. The quantitative estimate of drug-likeness (QED) is 0.846. The lowest BCUT2D eigenvalue weighted by Crippen LogP contribution is -2.33. The van der Waals surface area contributed by atoms with Crippen LogP contribution in [0, 0.1) is 5.41 Å². The molecule has 2 aliphatic carbocycles. The molecule has 0 unspecified atom stereocenters. The molecule has 23 heavy (non-hydrogen) atoms. The van der Waals surface area contributed by atoms with Gasteiger partial charge < -0.3 is 4.74 Å². The number of carbonyl (C=O) groups excluding carboxylic acids is 2. The number of alkyl halides is 3. The standard InChI is InChI=1S/C17H17F3O3/c18-17(19,20)7-8-23-13-2-1-11-10-16(15(22)14(11)9-13)5-3-12(21)4-6-16/h1-2,9H,3-8,10H2. The van der Waals surface area contributed by atoms with Crippen molar-refractivity contribution in [3.63, 3.8) is 0 Å². The predicted molar refractivity (Wildman–Crippen MR) is 76.6 cm³/mol. The maximum atomic E-state index is 12.7. The minimum absolute atomic E-state index is 0.00118. The monoisotopic (exact) mass is 326 g/mol. The predicted octanol–water partition coefficient (Wildman–Crippen LogP) is 3.89. The SMILES string of the molecule is O=C1CCC2(CC1)Cc1ccc(OCCC(F)(F)F)cc1C2=O. The van der Waals surface area contributed by atoms with Crippen molar-refractivity contribution in [1.29, 1.82) is 0 Å². The molecule has 1 fully saturated rings. The van der Waals surface area contributed by atoms with Crippen LogP contribution in [0.1, 0.15) is 48.0 Å². The first-order valence-electron chi connectivity index (χ1n) is 7.68. The number of rotatable bonds is 3. The molecule has 0 bridgehead atoms. The Kier molecular flexibility index (Phi) is 3.94. The molecule has 1 spiro atoms. The Morgan fingerprint density at radius 3 is 2.48 bits per heavy atom. The van der Waals surface area contributed by atoms with E-state index in [1.54, 1.807) is 18.2 Å². The van der Waals surface area contributed by atoms with Crippen LogP contribution in [0.5, 0.6) is 5.75 Å². The van der Waals surface area contributed by atoms with Gasteiger partial charge >= 0.3 is 6.18 Å². The van der Waals surface area contributed by atoms with Gasteiger partial charge in [-0.3, -0.25) is 9.59 Å². The highest BCUT2D eigenvalue weighted by atomic mass is 19.4. The third kappa shape index (κ3) is 3.26. The second kappa shape index (κ2) is 5.65. The topological polar surface area (TPSA) is 43.4 Å². The van der Waals surface area contributed by atoms with E-state index in [2.05, 4.69) is 0 Å². The summed E-state index contributed by atoms with van der Waals surface area (Å²) >= 11 is 0. The van der Waals surface area contributed by atoms with Crippen LogP contribution in [0.25, 0.3) is 0 Å². The van der Waals surface area contributed by atoms with E-state index in [9.17, 15) is 22.8 Å². The molecule has 1 aromatic rings. The average Bonchev–Trinajstić information content (AvgIpc) is 2.74. The van der Waals surface area contributed by atoms with Gasteiger partial charge in [0.2, 0.25) is 0 Å². The Bertz CT molecular complexity index is 639. The third-order valence-corrected chi connectivity index (χ3v) is 4.76. The van der Waals surface area contributed by atoms with E-state index in [-0.39, 0.29) is 17.3 Å². The van der Waals surface area contributed by atoms with Gasteiger partial charge in [-0.2, -0.15) is 13.2 Å². The first-order chi connectivity index (χ1) is 10.8. The number of hydrogen-bond donors (Lipinski definition) is 0. The number of ether oxygens (including phenoxy) is 1. The first-order valence-corrected chi connectivity index (χ1v) is 7.68. The number of halogens is 3. The number of ketones is 2. The lowest BCUT2D eigenvalue weighted by molar-refractivity contribution is -0.139. The molecule has 0 aromatic heterocycles. The van der Waals surface area contributed by atoms with Crippen molar-refractivity contribution >= 4 is 11.6 Å². The minimum Gasteiger partial charge on any atom is -0.493 e. The zero-order valence-electron chi connectivity index (χ0n) is 12.5. The van der Waals surface area contributed by atoms with E-state index in [4.69, 9.17) is 4.74 Å². The Labute approximate surface area is 131 Å². The number of hydrogen-bond acceptors (Lipinski definition) is 3. The number of carbonyl (C=O) groups is 2. The summed E-state index contributed by atoms with van der Waals surface area (Å²) in [6.45, 7) is -0.462. The Hall–Kier alpha value is -1.85. The Morgan fingerprint density at radius 2 is 1.83 bits per heavy atom. The highest BCUT2D eigenvalue weighted by molar-refractivity contribution is 6.06. The maximum absolute atomic E-state index is 12.7. The summed E-state index contributed by atoms with van der Waals surface area (Å²) in [6.07, 6.45) is -2.71. The number of Topliss-reactive ketones (excluding diaryl/α,β-unsaturated/α-hetero) is 2. The highest BCUT2D eigenvalue weighted by Gasteiger charge is 2.47. The molecule has 3 nitrogen and oxygen atoms in total. The molecule has 0 amide bonds. The fourth-order valence-corrected chi connectivity index (χ4v) is 3.44. The number of fused-ring (bicyclic) bond motifs is 1. The average molecular weight is 326 g/mol. The fraction of sp³-hybridized carbons (Fsp3) is 0.529. The molecular weight excluding hydrogens is 309 g/mol. The normalized spacial score (nSPS) is 20.0. The van der Waals surface area contributed by atoms with E-state index in [1.807, 2.05) is 0 Å². The molecule has 124 valence electrons. The summed E-state index contributed by atoms with van der Waals surface area (Å²) in [6, 6.07) is 4.90. The van der Waals surface area contributed by atoms with Gasteiger partial charge in [0.25, 0.3) is 0 Å². The lowest BCUT2D eigenvalue weighted by atomic mass is 9.71. The fourth-order valence-electron chi connectivity index (χ4n) is 3.44. The molecule has 0 saturated heterocycles. The molecule has 1 saturated carbocycles. The summed E-state index contributed by atoms with van der Waals surface area (Å²) in [7, 11) is 0. The zero-order chi connectivity index (χ0) is 16.7. The molecular formula is C17H17F3O3. The van der Waals surface area contributed by atoms with Crippen molar-refractivity contribution in [3.05, 3.63) is 29.3 Å². The van der Waals surface area contributed by atoms with Gasteiger partial charge in [0.1, 0.15) is 11.5 Å². The Morgan fingerprint density at radius 1 is 1.13 bits per heavy atom. The maximum Gasteiger partial charge on any atom is 0.392 e.